The number of sulfonamides is 2. The van der Waals surface area contributed by atoms with Gasteiger partial charge in [-0.3, -0.25) is 4.72 Å². The second-order valence-electron chi connectivity index (χ2n) is 7.27. The van der Waals surface area contributed by atoms with E-state index in [1.807, 2.05) is 6.07 Å². The zero-order valence-electron chi connectivity index (χ0n) is 16.9. The van der Waals surface area contributed by atoms with Crippen LogP contribution in [0.3, 0.4) is 0 Å². The third kappa shape index (κ3) is 4.48. The molecule has 2 N–H and O–H groups in total. The molecule has 1 aliphatic heterocycles. The summed E-state index contributed by atoms with van der Waals surface area (Å²) in [6.07, 6.45) is 4.16. The molecule has 0 fully saturated rings. The molecular weight excluding hydrogens is 438 g/mol. The molecule has 0 radical (unpaired) electrons. The third-order valence-electron chi connectivity index (χ3n) is 5.18. The van der Waals surface area contributed by atoms with Gasteiger partial charge in [0.1, 0.15) is 5.82 Å². The van der Waals surface area contributed by atoms with Gasteiger partial charge >= 0.3 is 0 Å². The number of fused-ring (bicyclic) bond motifs is 1. The summed E-state index contributed by atoms with van der Waals surface area (Å²) >= 11 is 0. The van der Waals surface area contributed by atoms with E-state index in [9.17, 15) is 16.8 Å². The van der Waals surface area contributed by atoms with Gasteiger partial charge in [0, 0.05) is 24.2 Å². The van der Waals surface area contributed by atoms with Gasteiger partial charge in [-0.05, 0) is 50.2 Å². The summed E-state index contributed by atoms with van der Waals surface area (Å²) in [5, 5.41) is 8.61. The van der Waals surface area contributed by atoms with Crippen LogP contribution in [0.25, 0.3) is 11.4 Å². The number of anilines is 1. The van der Waals surface area contributed by atoms with E-state index in [1.165, 1.54) is 25.2 Å². The zero-order valence-corrected chi connectivity index (χ0v) is 18.6. The van der Waals surface area contributed by atoms with Crippen molar-refractivity contribution in [2.24, 2.45) is 0 Å². The molecule has 0 saturated heterocycles. The van der Waals surface area contributed by atoms with E-state index < -0.39 is 20.0 Å². The van der Waals surface area contributed by atoms with Crippen molar-refractivity contribution in [3.05, 3.63) is 54.4 Å². The molecule has 0 bridgehead atoms. The first-order valence-electron chi connectivity index (χ1n) is 9.89. The second kappa shape index (κ2) is 8.40. The first-order valence-corrected chi connectivity index (χ1v) is 12.9. The highest BCUT2D eigenvalue weighted by molar-refractivity contribution is 7.93. The third-order valence-corrected chi connectivity index (χ3v) is 7.97. The standard InChI is InChI=1S/C20H23N5O4S2/c1-21-30(26,27)17-9-6-10-18(14-17)31(28,29)24-16-8-5-7-15(13-16)20-23-22-19-11-3-2-4-12-25(19)20/h5-10,13-14,21,24H,2-4,11-12H2,1H3. The van der Waals surface area contributed by atoms with Crippen LogP contribution in [0.15, 0.2) is 58.3 Å². The van der Waals surface area contributed by atoms with Crippen molar-refractivity contribution < 1.29 is 16.8 Å². The average molecular weight is 462 g/mol. The van der Waals surface area contributed by atoms with Gasteiger partial charge in [0.25, 0.3) is 10.0 Å². The number of hydrogen-bond donors (Lipinski definition) is 2. The van der Waals surface area contributed by atoms with Crippen molar-refractivity contribution in [2.45, 2.75) is 42.0 Å². The molecule has 9 nitrogen and oxygen atoms in total. The molecule has 0 atom stereocenters. The van der Waals surface area contributed by atoms with E-state index in [2.05, 4.69) is 24.2 Å². The number of rotatable bonds is 6. The molecule has 1 aliphatic rings. The van der Waals surface area contributed by atoms with E-state index >= 15 is 0 Å². The smallest absolute Gasteiger partial charge is 0.261 e. The van der Waals surface area contributed by atoms with Crippen LogP contribution in [-0.4, -0.2) is 38.6 Å². The van der Waals surface area contributed by atoms with E-state index in [-0.39, 0.29) is 9.79 Å². The van der Waals surface area contributed by atoms with Crippen LogP contribution in [0.2, 0.25) is 0 Å². The molecule has 0 spiro atoms. The molecule has 11 heteroatoms. The Bertz CT molecular complexity index is 1320. The summed E-state index contributed by atoms with van der Waals surface area (Å²) in [5.41, 5.74) is 1.11. The summed E-state index contributed by atoms with van der Waals surface area (Å²) < 4.78 is 56.6. The monoisotopic (exact) mass is 461 g/mol. The lowest BCUT2D eigenvalue weighted by molar-refractivity contribution is 0.588. The van der Waals surface area contributed by atoms with Crippen LogP contribution in [0.1, 0.15) is 25.1 Å². The molecule has 3 aromatic rings. The normalized spacial score (nSPS) is 14.6. The Hall–Kier alpha value is -2.76. The Morgan fingerprint density at radius 2 is 1.61 bits per heavy atom. The molecule has 1 aromatic heterocycles. The first kappa shape index (κ1) is 21.5. The van der Waals surface area contributed by atoms with Crippen molar-refractivity contribution in [1.82, 2.24) is 19.5 Å². The van der Waals surface area contributed by atoms with E-state index in [0.717, 1.165) is 49.7 Å². The van der Waals surface area contributed by atoms with Crippen LogP contribution >= 0.6 is 0 Å². The van der Waals surface area contributed by atoms with Crippen LogP contribution in [-0.2, 0) is 33.0 Å². The fourth-order valence-corrected chi connectivity index (χ4v) is 5.51. The zero-order chi connectivity index (χ0) is 22.1. The van der Waals surface area contributed by atoms with Gasteiger partial charge in [-0.25, -0.2) is 21.6 Å². The van der Waals surface area contributed by atoms with E-state index in [0.29, 0.717) is 11.5 Å². The first-order chi connectivity index (χ1) is 14.8. The Balaban J connectivity index is 1.64. The lowest BCUT2D eigenvalue weighted by atomic mass is 10.2. The largest absolute Gasteiger partial charge is 0.311 e. The number of aryl methyl sites for hydroxylation is 1. The minimum absolute atomic E-state index is 0.127. The summed E-state index contributed by atoms with van der Waals surface area (Å²) in [5.74, 6) is 1.65. The van der Waals surface area contributed by atoms with Gasteiger partial charge in [0.15, 0.2) is 5.82 Å². The van der Waals surface area contributed by atoms with Crippen molar-refractivity contribution in [1.29, 1.82) is 0 Å². The fourth-order valence-electron chi connectivity index (χ4n) is 3.56. The molecule has 31 heavy (non-hydrogen) atoms. The Kier molecular flexibility index (Phi) is 5.82. The maximum Gasteiger partial charge on any atom is 0.261 e. The van der Waals surface area contributed by atoms with E-state index in [1.54, 1.807) is 18.2 Å². The number of hydrogen-bond acceptors (Lipinski definition) is 6. The average Bonchev–Trinajstić information content (AvgIpc) is 3.02. The number of nitrogens with zero attached hydrogens (tertiary/aromatic N) is 3. The molecule has 4 rings (SSSR count). The SMILES string of the molecule is CNS(=O)(=O)c1cccc(S(=O)(=O)Nc2cccc(-c3nnc4n3CCCCC4)c2)c1. The highest BCUT2D eigenvalue weighted by atomic mass is 32.2. The van der Waals surface area contributed by atoms with Crippen molar-refractivity contribution in [3.63, 3.8) is 0 Å². The van der Waals surface area contributed by atoms with Gasteiger partial charge in [0.2, 0.25) is 10.0 Å². The molecule has 2 aromatic carbocycles. The summed E-state index contributed by atoms with van der Waals surface area (Å²) in [6.45, 7) is 0.834. The maximum absolute atomic E-state index is 12.9. The van der Waals surface area contributed by atoms with Crippen LogP contribution in [0, 0.1) is 0 Å². The predicted molar refractivity (Wildman–Crippen MR) is 117 cm³/mol. The Morgan fingerprint density at radius 3 is 2.39 bits per heavy atom. The minimum Gasteiger partial charge on any atom is -0.311 e. The Labute approximate surface area is 181 Å². The molecule has 0 aliphatic carbocycles. The molecule has 164 valence electrons. The number of aromatic nitrogens is 3. The van der Waals surface area contributed by atoms with Crippen molar-refractivity contribution >= 4 is 25.7 Å². The Morgan fingerprint density at radius 1 is 0.871 bits per heavy atom. The van der Waals surface area contributed by atoms with Crippen molar-refractivity contribution in [2.75, 3.05) is 11.8 Å². The van der Waals surface area contributed by atoms with Crippen LogP contribution < -0.4 is 9.44 Å². The summed E-state index contributed by atoms with van der Waals surface area (Å²) in [7, 11) is -6.49. The van der Waals surface area contributed by atoms with Gasteiger partial charge in [-0.15, -0.1) is 10.2 Å². The second-order valence-corrected chi connectivity index (χ2v) is 10.8. The molecule has 0 unspecified atom stereocenters. The van der Waals surface area contributed by atoms with Gasteiger partial charge < -0.3 is 4.57 Å². The van der Waals surface area contributed by atoms with Gasteiger partial charge in [0.05, 0.1) is 9.79 Å². The fraction of sp³-hybridized carbons (Fsp3) is 0.300. The summed E-state index contributed by atoms with van der Waals surface area (Å²) in [4.78, 5) is -0.275. The van der Waals surface area contributed by atoms with Gasteiger partial charge in [-0.2, -0.15) is 0 Å². The maximum atomic E-state index is 12.9. The summed E-state index contributed by atoms with van der Waals surface area (Å²) in [6, 6.07) is 12.1. The van der Waals surface area contributed by atoms with Crippen LogP contribution in [0.4, 0.5) is 5.69 Å². The molecule has 0 saturated carbocycles. The lowest BCUT2D eigenvalue weighted by Crippen LogP contribution is -2.19. The topological polar surface area (TPSA) is 123 Å². The highest BCUT2D eigenvalue weighted by Gasteiger charge is 2.20. The van der Waals surface area contributed by atoms with Crippen LogP contribution in [0.5, 0.6) is 0 Å². The lowest BCUT2D eigenvalue weighted by Gasteiger charge is -2.11. The molecular formula is C20H23N5O4S2. The van der Waals surface area contributed by atoms with Crippen molar-refractivity contribution in [3.8, 4) is 11.4 Å². The van der Waals surface area contributed by atoms with Gasteiger partial charge in [-0.1, -0.05) is 24.6 Å². The quantitative estimate of drug-likeness (QED) is 0.581. The van der Waals surface area contributed by atoms with E-state index in [4.69, 9.17) is 0 Å². The predicted octanol–water partition coefficient (Wildman–Crippen LogP) is 2.38. The molecule has 0 amide bonds. The highest BCUT2D eigenvalue weighted by Crippen LogP contribution is 2.26. The molecule has 2 heterocycles. The number of nitrogens with one attached hydrogen (secondary N) is 2. The minimum atomic E-state index is -4.00. The number of benzene rings is 2.